The molecule has 0 spiro atoms. The molecule has 2 atom stereocenters. The van der Waals surface area contributed by atoms with Crippen molar-refractivity contribution < 1.29 is 18.3 Å². The number of aliphatic hydroxyl groups is 1. The molecule has 2 unspecified atom stereocenters. The molecule has 0 saturated carbocycles. The van der Waals surface area contributed by atoms with Gasteiger partial charge in [-0.05, 0) is 31.5 Å². The first-order valence-electron chi connectivity index (χ1n) is 6.66. The molecule has 0 radical (unpaired) electrons. The highest BCUT2D eigenvalue weighted by molar-refractivity contribution is 7.89. The third-order valence-corrected chi connectivity index (χ3v) is 4.57. The van der Waals surface area contributed by atoms with Crippen LogP contribution >= 0.6 is 0 Å². The standard InChI is InChI=1S/C13H21N3O4S/c1-8-5-16(6-11(7-17)20-8)12-3-10(14)4-13(9(12)2)21(15,18)19/h3-4,8,11,17H,5-7,14H2,1-2H3,(H2,15,18,19). The van der Waals surface area contributed by atoms with Crippen molar-refractivity contribution in [2.45, 2.75) is 31.0 Å². The van der Waals surface area contributed by atoms with Crippen LogP contribution < -0.4 is 15.8 Å². The topological polar surface area (TPSA) is 119 Å². The number of nitrogens with zero attached hydrogens (tertiary/aromatic N) is 1. The number of hydrogen-bond acceptors (Lipinski definition) is 6. The molecule has 1 saturated heterocycles. The first kappa shape index (κ1) is 16.0. The third kappa shape index (κ3) is 3.46. The van der Waals surface area contributed by atoms with Gasteiger partial charge in [0, 0.05) is 24.5 Å². The zero-order chi connectivity index (χ0) is 15.8. The predicted octanol–water partition coefficient (Wildman–Crippen LogP) is -0.189. The minimum atomic E-state index is -3.84. The van der Waals surface area contributed by atoms with Gasteiger partial charge in [0.1, 0.15) is 0 Å². The van der Waals surface area contributed by atoms with Gasteiger partial charge < -0.3 is 20.5 Å². The Hall–Kier alpha value is -1.35. The number of benzene rings is 1. The Morgan fingerprint density at radius 3 is 2.67 bits per heavy atom. The fraction of sp³-hybridized carbons (Fsp3) is 0.538. The number of sulfonamides is 1. The molecule has 8 heteroatoms. The monoisotopic (exact) mass is 315 g/mol. The van der Waals surface area contributed by atoms with Crippen LogP contribution in [0.4, 0.5) is 11.4 Å². The van der Waals surface area contributed by atoms with Crippen LogP contribution in [0.15, 0.2) is 17.0 Å². The second-order valence-corrected chi connectivity index (χ2v) is 6.89. The molecule has 0 aromatic heterocycles. The minimum Gasteiger partial charge on any atom is -0.399 e. The molecular formula is C13H21N3O4S. The molecular weight excluding hydrogens is 294 g/mol. The summed E-state index contributed by atoms with van der Waals surface area (Å²) < 4.78 is 28.9. The normalized spacial score (nSPS) is 23.3. The van der Waals surface area contributed by atoms with Crippen molar-refractivity contribution in [3.05, 3.63) is 17.7 Å². The van der Waals surface area contributed by atoms with E-state index in [4.69, 9.17) is 15.6 Å². The largest absolute Gasteiger partial charge is 0.399 e. The van der Waals surface area contributed by atoms with Crippen LogP contribution in [0.1, 0.15) is 12.5 Å². The van der Waals surface area contributed by atoms with Crippen molar-refractivity contribution in [3.8, 4) is 0 Å². The fourth-order valence-electron chi connectivity index (χ4n) is 2.66. The summed E-state index contributed by atoms with van der Waals surface area (Å²) in [5.74, 6) is 0. The van der Waals surface area contributed by atoms with E-state index in [0.717, 1.165) is 0 Å². The fourth-order valence-corrected chi connectivity index (χ4v) is 3.49. The summed E-state index contributed by atoms with van der Waals surface area (Å²) in [6, 6.07) is 3.08. The smallest absolute Gasteiger partial charge is 0.238 e. The van der Waals surface area contributed by atoms with Crippen LogP contribution in [0.3, 0.4) is 0 Å². The van der Waals surface area contributed by atoms with Gasteiger partial charge in [-0.25, -0.2) is 13.6 Å². The molecule has 1 aromatic rings. The maximum atomic E-state index is 11.7. The Balaban J connectivity index is 2.46. The van der Waals surface area contributed by atoms with Crippen LogP contribution in [-0.2, 0) is 14.8 Å². The lowest BCUT2D eigenvalue weighted by atomic mass is 10.1. The summed E-state index contributed by atoms with van der Waals surface area (Å²) in [7, 11) is -3.84. The van der Waals surface area contributed by atoms with Crippen molar-refractivity contribution in [3.63, 3.8) is 0 Å². The molecule has 1 fully saturated rings. The molecule has 1 aliphatic heterocycles. The number of anilines is 2. The van der Waals surface area contributed by atoms with Gasteiger partial charge in [0.25, 0.3) is 0 Å². The number of nitrogens with two attached hydrogens (primary N) is 2. The second kappa shape index (κ2) is 5.80. The van der Waals surface area contributed by atoms with Crippen LogP contribution in [-0.4, -0.2) is 45.4 Å². The summed E-state index contributed by atoms with van der Waals surface area (Å²) in [6.07, 6.45) is -0.387. The number of nitrogen functional groups attached to an aromatic ring is 1. The van der Waals surface area contributed by atoms with Gasteiger partial charge in [0.15, 0.2) is 0 Å². The summed E-state index contributed by atoms with van der Waals surface area (Å²) in [5, 5.41) is 14.5. The van der Waals surface area contributed by atoms with E-state index in [1.54, 1.807) is 13.0 Å². The van der Waals surface area contributed by atoms with E-state index in [0.29, 0.717) is 30.0 Å². The molecule has 7 nitrogen and oxygen atoms in total. The van der Waals surface area contributed by atoms with Crippen LogP contribution in [0, 0.1) is 6.92 Å². The molecule has 1 aliphatic rings. The zero-order valence-corrected chi connectivity index (χ0v) is 12.9. The number of hydrogen-bond donors (Lipinski definition) is 3. The Bertz CT molecular complexity index is 633. The molecule has 1 heterocycles. The van der Waals surface area contributed by atoms with Gasteiger partial charge in [0.05, 0.1) is 23.7 Å². The Morgan fingerprint density at radius 2 is 2.10 bits per heavy atom. The van der Waals surface area contributed by atoms with Crippen molar-refractivity contribution in [2.75, 3.05) is 30.3 Å². The molecule has 0 aliphatic carbocycles. The molecule has 5 N–H and O–H groups in total. The molecule has 21 heavy (non-hydrogen) atoms. The zero-order valence-electron chi connectivity index (χ0n) is 12.1. The Labute approximate surface area is 124 Å². The van der Waals surface area contributed by atoms with E-state index < -0.39 is 10.0 Å². The Morgan fingerprint density at radius 1 is 1.43 bits per heavy atom. The summed E-state index contributed by atoms with van der Waals surface area (Å²) >= 11 is 0. The lowest BCUT2D eigenvalue weighted by molar-refractivity contribution is -0.0421. The first-order valence-corrected chi connectivity index (χ1v) is 8.21. The predicted molar refractivity (Wildman–Crippen MR) is 80.6 cm³/mol. The van der Waals surface area contributed by atoms with E-state index in [1.807, 2.05) is 11.8 Å². The highest BCUT2D eigenvalue weighted by atomic mass is 32.2. The molecule has 1 aromatic carbocycles. The van der Waals surface area contributed by atoms with Crippen LogP contribution in [0.25, 0.3) is 0 Å². The van der Waals surface area contributed by atoms with E-state index in [9.17, 15) is 13.5 Å². The van der Waals surface area contributed by atoms with E-state index in [1.165, 1.54) is 6.07 Å². The highest BCUT2D eigenvalue weighted by Gasteiger charge is 2.27. The molecule has 0 amide bonds. The number of aliphatic hydroxyl groups excluding tert-OH is 1. The summed E-state index contributed by atoms with van der Waals surface area (Å²) in [6.45, 7) is 4.56. The van der Waals surface area contributed by atoms with Crippen molar-refractivity contribution in [1.82, 2.24) is 0 Å². The summed E-state index contributed by atoms with van der Waals surface area (Å²) in [4.78, 5) is 1.99. The van der Waals surface area contributed by atoms with Gasteiger partial charge >= 0.3 is 0 Å². The average Bonchev–Trinajstić information content (AvgIpc) is 2.39. The molecule has 0 bridgehead atoms. The van der Waals surface area contributed by atoms with Crippen LogP contribution in [0.2, 0.25) is 0 Å². The van der Waals surface area contributed by atoms with Crippen molar-refractivity contribution in [1.29, 1.82) is 0 Å². The lowest BCUT2D eigenvalue weighted by Crippen LogP contribution is -2.48. The first-order chi connectivity index (χ1) is 9.72. The van der Waals surface area contributed by atoms with Crippen molar-refractivity contribution in [2.24, 2.45) is 5.14 Å². The van der Waals surface area contributed by atoms with Gasteiger partial charge in [-0.1, -0.05) is 0 Å². The number of rotatable bonds is 3. The lowest BCUT2D eigenvalue weighted by Gasteiger charge is -2.38. The summed E-state index contributed by atoms with van der Waals surface area (Å²) in [5.41, 5.74) is 7.39. The van der Waals surface area contributed by atoms with E-state index in [2.05, 4.69) is 0 Å². The number of morpholine rings is 1. The molecule has 2 rings (SSSR count). The number of ether oxygens (including phenoxy) is 1. The second-order valence-electron chi connectivity index (χ2n) is 5.36. The SMILES string of the molecule is Cc1c(N2CC(C)OC(CO)C2)cc(N)cc1S(N)(=O)=O. The molecule has 118 valence electrons. The Kier molecular flexibility index (Phi) is 4.43. The van der Waals surface area contributed by atoms with Crippen molar-refractivity contribution >= 4 is 21.4 Å². The third-order valence-electron chi connectivity index (χ3n) is 3.53. The van der Waals surface area contributed by atoms with Gasteiger partial charge in [-0.2, -0.15) is 0 Å². The van der Waals surface area contributed by atoms with E-state index >= 15 is 0 Å². The maximum absolute atomic E-state index is 11.7. The highest BCUT2D eigenvalue weighted by Crippen LogP contribution is 2.31. The van der Waals surface area contributed by atoms with Gasteiger partial charge in [0.2, 0.25) is 10.0 Å². The minimum absolute atomic E-state index is 0.0252. The van der Waals surface area contributed by atoms with Crippen LogP contribution in [0.5, 0.6) is 0 Å². The quantitative estimate of drug-likeness (QED) is 0.665. The average molecular weight is 315 g/mol. The van der Waals surface area contributed by atoms with Gasteiger partial charge in [-0.3, -0.25) is 0 Å². The number of primary sulfonamides is 1. The maximum Gasteiger partial charge on any atom is 0.238 e. The van der Waals surface area contributed by atoms with E-state index in [-0.39, 0.29) is 23.7 Å². The van der Waals surface area contributed by atoms with Gasteiger partial charge in [-0.15, -0.1) is 0 Å².